The van der Waals surface area contributed by atoms with Crippen molar-refractivity contribution >= 4 is 23.3 Å². The van der Waals surface area contributed by atoms with Crippen molar-refractivity contribution < 1.29 is 0 Å². The Morgan fingerprint density at radius 3 is 2.37 bits per heavy atom. The first-order chi connectivity index (χ1) is 9.20. The number of nitrogens with zero attached hydrogens (tertiary/aromatic N) is 1. The second kappa shape index (κ2) is 5.94. The number of hydrogen-bond donors (Lipinski definition) is 1. The second-order valence-electron chi connectivity index (χ2n) is 4.03. The van der Waals surface area contributed by atoms with Crippen molar-refractivity contribution in [3.63, 3.8) is 0 Å². The van der Waals surface area contributed by atoms with E-state index in [2.05, 4.69) is 0 Å². The van der Waals surface area contributed by atoms with Crippen LogP contribution in [0.4, 0.5) is 0 Å². The summed E-state index contributed by atoms with van der Waals surface area (Å²) in [6, 6.07) is 20.0. The van der Waals surface area contributed by atoms with Gasteiger partial charge in [0.1, 0.15) is 11.1 Å². The molecule has 0 aliphatic carbocycles. The van der Waals surface area contributed by atoms with Gasteiger partial charge >= 0.3 is 0 Å². The van der Waals surface area contributed by atoms with Gasteiger partial charge in [-0.15, -0.1) is 0 Å². The summed E-state index contributed by atoms with van der Waals surface area (Å²) in [4.78, 5) is 0.118. The zero-order valence-corrected chi connectivity index (χ0v) is 11.0. The molecular formula is C16H12N2S. The molecule has 19 heavy (non-hydrogen) atoms. The van der Waals surface area contributed by atoms with E-state index in [1.54, 1.807) is 6.08 Å². The SMILES string of the molecule is N#C/C(=C\c1cccc(-c2ccccc2)c1)C(N)=S. The lowest BCUT2D eigenvalue weighted by Crippen LogP contribution is -2.09. The zero-order chi connectivity index (χ0) is 13.7. The highest BCUT2D eigenvalue weighted by Crippen LogP contribution is 2.21. The zero-order valence-electron chi connectivity index (χ0n) is 10.2. The van der Waals surface area contributed by atoms with Gasteiger partial charge in [0.2, 0.25) is 0 Å². The maximum absolute atomic E-state index is 8.96. The largest absolute Gasteiger partial charge is 0.389 e. The molecule has 0 unspecified atom stereocenters. The molecule has 92 valence electrons. The minimum atomic E-state index is 0.118. The van der Waals surface area contributed by atoms with Crippen molar-refractivity contribution in [2.45, 2.75) is 0 Å². The van der Waals surface area contributed by atoms with Crippen molar-refractivity contribution in [3.8, 4) is 17.2 Å². The van der Waals surface area contributed by atoms with E-state index in [0.717, 1.165) is 16.7 Å². The van der Waals surface area contributed by atoms with Crippen LogP contribution in [0.15, 0.2) is 60.2 Å². The molecule has 2 N–H and O–H groups in total. The number of thiocarbonyl (C=S) groups is 1. The van der Waals surface area contributed by atoms with Gasteiger partial charge < -0.3 is 5.73 Å². The number of hydrogen-bond acceptors (Lipinski definition) is 2. The van der Waals surface area contributed by atoms with E-state index >= 15 is 0 Å². The van der Waals surface area contributed by atoms with E-state index in [1.165, 1.54) is 0 Å². The average Bonchev–Trinajstić information content (AvgIpc) is 2.45. The fraction of sp³-hybridized carbons (Fsp3) is 0. The standard InChI is InChI=1S/C16H12N2S/c17-11-15(16(18)19)10-12-5-4-8-14(9-12)13-6-2-1-3-7-13/h1-10H,(H2,18,19)/b15-10+. The molecule has 0 aliphatic rings. The monoisotopic (exact) mass is 264 g/mol. The van der Waals surface area contributed by atoms with Gasteiger partial charge in [-0.05, 0) is 28.8 Å². The molecule has 0 spiro atoms. The Kier molecular flexibility index (Phi) is 4.07. The molecule has 0 radical (unpaired) electrons. The Balaban J connectivity index is 2.41. The van der Waals surface area contributed by atoms with Crippen LogP contribution in [0.2, 0.25) is 0 Å². The molecule has 0 amide bonds. The van der Waals surface area contributed by atoms with Gasteiger partial charge in [-0.1, -0.05) is 60.7 Å². The second-order valence-corrected chi connectivity index (χ2v) is 4.47. The molecule has 0 bridgehead atoms. The van der Waals surface area contributed by atoms with Gasteiger partial charge in [0.05, 0.1) is 5.57 Å². The molecule has 2 nitrogen and oxygen atoms in total. The fourth-order valence-electron chi connectivity index (χ4n) is 1.76. The number of nitriles is 1. The fourth-order valence-corrected chi connectivity index (χ4v) is 1.87. The number of benzene rings is 2. The molecule has 0 aromatic heterocycles. The van der Waals surface area contributed by atoms with Crippen molar-refractivity contribution in [2.75, 3.05) is 0 Å². The summed E-state index contributed by atoms with van der Waals surface area (Å²) in [5.74, 6) is 0. The van der Waals surface area contributed by atoms with E-state index in [0.29, 0.717) is 5.57 Å². The van der Waals surface area contributed by atoms with Crippen LogP contribution < -0.4 is 5.73 Å². The van der Waals surface area contributed by atoms with Crippen LogP contribution in [-0.4, -0.2) is 4.99 Å². The molecule has 0 heterocycles. The molecule has 0 fully saturated rings. The van der Waals surface area contributed by atoms with E-state index < -0.39 is 0 Å². The third-order valence-corrected chi connectivity index (χ3v) is 2.91. The van der Waals surface area contributed by atoms with Crippen LogP contribution in [0.3, 0.4) is 0 Å². The highest BCUT2D eigenvalue weighted by atomic mass is 32.1. The molecule has 0 saturated heterocycles. The minimum absolute atomic E-state index is 0.118. The van der Waals surface area contributed by atoms with Gasteiger partial charge in [-0.25, -0.2) is 0 Å². The highest BCUT2D eigenvalue weighted by Gasteiger charge is 2.01. The molecular weight excluding hydrogens is 252 g/mol. The molecule has 2 rings (SSSR count). The first-order valence-electron chi connectivity index (χ1n) is 5.78. The van der Waals surface area contributed by atoms with Gasteiger partial charge in [-0.2, -0.15) is 5.26 Å². The maximum Gasteiger partial charge on any atom is 0.114 e. The predicted octanol–water partition coefficient (Wildman–Crippen LogP) is 3.55. The first kappa shape index (κ1) is 13.0. The predicted molar refractivity (Wildman–Crippen MR) is 82.3 cm³/mol. The average molecular weight is 264 g/mol. The number of rotatable bonds is 3. The van der Waals surface area contributed by atoms with E-state index in [1.807, 2.05) is 60.7 Å². The highest BCUT2D eigenvalue weighted by molar-refractivity contribution is 7.80. The van der Waals surface area contributed by atoms with Crippen LogP contribution in [0.25, 0.3) is 17.2 Å². The summed E-state index contributed by atoms with van der Waals surface area (Å²) in [5.41, 5.74) is 8.94. The van der Waals surface area contributed by atoms with Crippen molar-refractivity contribution in [1.29, 1.82) is 5.26 Å². The van der Waals surface area contributed by atoms with Crippen molar-refractivity contribution in [2.24, 2.45) is 5.73 Å². The summed E-state index contributed by atoms with van der Waals surface area (Å²) in [5, 5.41) is 8.96. The van der Waals surface area contributed by atoms with Crippen LogP contribution in [-0.2, 0) is 0 Å². The number of nitrogens with two attached hydrogens (primary N) is 1. The van der Waals surface area contributed by atoms with Crippen LogP contribution >= 0.6 is 12.2 Å². The summed E-state index contributed by atoms with van der Waals surface area (Å²) >= 11 is 4.83. The van der Waals surface area contributed by atoms with Gasteiger partial charge in [0.25, 0.3) is 0 Å². The molecule has 0 atom stereocenters. The van der Waals surface area contributed by atoms with Crippen LogP contribution in [0.1, 0.15) is 5.56 Å². The third-order valence-electron chi connectivity index (χ3n) is 2.69. The lowest BCUT2D eigenvalue weighted by atomic mass is 10.0. The van der Waals surface area contributed by atoms with Crippen LogP contribution in [0, 0.1) is 11.3 Å². The molecule has 3 heteroatoms. The normalized spacial score (nSPS) is 10.8. The lowest BCUT2D eigenvalue weighted by molar-refractivity contribution is 1.51. The lowest BCUT2D eigenvalue weighted by Gasteiger charge is -2.03. The Morgan fingerprint density at radius 1 is 1.05 bits per heavy atom. The Morgan fingerprint density at radius 2 is 1.74 bits per heavy atom. The van der Waals surface area contributed by atoms with Crippen molar-refractivity contribution in [3.05, 3.63) is 65.7 Å². The molecule has 0 saturated carbocycles. The molecule has 0 aliphatic heterocycles. The Labute approximate surface area is 117 Å². The van der Waals surface area contributed by atoms with Gasteiger partial charge in [0.15, 0.2) is 0 Å². The maximum atomic E-state index is 8.96. The Bertz CT molecular complexity index is 667. The van der Waals surface area contributed by atoms with Crippen LogP contribution in [0.5, 0.6) is 0 Å². The smallest absolute Gasteiger partial charge is 0.114 e. The van der Waals surface area contributed by atoms with Crippen molar-refractivity contribution in [1.82, 2.24) is 0 Å². The summed E-state index contributed by atoms with van der Waals surface area (Å²) in [7, 11) is 0. The molecule has 2 aromatic carbocycles. The topological polar surface area (TPSA) is 49.8 Å². The summed E-state index contributed by atoms with van der Waals surface area (Å²) in [6.45, 7) is 0. The third kappa shape index (κ3) is 3.27. The van der Waals surface area contributed by atoms with Gasteiger partial charge in [0, 0.05) is 0 Å². The van der Waals surface area contributed by atoms with E-state index in [-0.39, 0.29) is 4.99 Å². The minimum Gasteiger partial charge on any atom is -0.389 e. The van der Waals surface area contributed by atoms with E-state index in [9.17, 15) is 0 Å². The Hall–Kier alpha value is -2.44. The quantitative estimate of drug-likeness (QED) is 0.524. The molecule has 2 aromatic rings. The van der Waals surface area contributed by atoms with E-state index in [4.69, 9.17) is 23.2 Å². The summed E-state index contributed by atoms with van der Waals surface area (Å²) in [6.07, 6.45) is 1.70. The van der Waals surface area contributed by atoms with Gasteiger partial charge in [-0.3, -0.25) is 0 Å². The first-order valence-corrected chi connectivity index (χ1v) is 6.18. The summed E-state index contributed by atoms with van der Waals surface area (Å²) < 4.78 is 0.